The maximum absolute atomic E-state index is 11.2. The van der Waals surface area contributed by atoms with Crippen LogP contribution < -0.4 is 15.8 Å². The van der Waals surface area contributed by atoms with Crippen molar-refractivity contribution in [1.29, 1.82) is 0 Å². The third kappa shape index (κ3) is 3.52. The van der Waals surface area contributed by atoms with Crippen LogP contribution >= 0.6 is 0 Å². The topological polar surface area (TPSA) is 90.1 Å². The number of aromatic nitrogens is 2. The Morgan fingerprint density at radius 2 is 2.10 bits per heavy atom. The van der Waals surface area contributed by atoms with Gasteiger partial charge in [-0.3, -0.25) is 4.79 Å². The van der Waals surface area contributed by atoms with Crippen LogP contribution in [0.3, 0.4) is 0 Å². The van der Waals surface area contributed by atoms with E-state index < -0.39 is 0 Å². The minimum Gasteiger partial charge on any atom is -0.422 e. The molecule has 0 aliphatic heterocycles. The molecule has 1 aromatic carbocycles. The van der Waals surface area contributed by atoms with Crippen molar-refractivity contribution < 1.29 is 9.53 Å². The highest BCUT2D eigenvalue weighted by Crippen LogP contribution is 2.27. The molecular formula is C14H16N4O2. The first kappa shape index (κ1) is 14.0. The zero-order valence-electron chi connectivity index (χ0n) is 11.4. The number of nitrogens with one attached hydrogen (secondary N) is 1. The van der Waals surface area contributed by atoms with Gasteiger partial charge in [-0.2, -0.15) is 4.98 Å². The van der Waals surface area contributed by atoms with Crippen LogP contribution in [-0.4, -0.2) is 15.9 Å². The molecule has 20 heavy (non-hydrogen) atoms. The minimum absolute atomic E-state index is 0.172. The van der Waals surface area contributed by atoms with Crippen molar-refractivity contribution in [2.24, 2.45) is 5.73 Å². The van der Waals surface area contributed by atoms with Crippen molar-refractivity contribution in [3.05, 3.63) is 41.7 Å². The molecule has 1 heterocycles. The Morgan fingerprint density at radius 1 is 1.35 bits per heavy atom. The van der Waals surface area contributed by atoms with Gasteiger partial charge in [-0.15, -0.1) is 0 Å². The highest BCUT2D eigenvalue weighted by molar-refractivity contribution is 5.90. The monoisotopic (exact) mass is 272 g/mol. The van der Waals surface area contributed by atoms with Gasteiger partial charge in [-0.05, 0) is 25.1 Å². The average Bonchev–Trinajstić information content (AvgIpc) is 2.39. The molecule has 0 atom stereocenters. The maximum Gasteiger partial charge on any atom is 0.322 e. The van der Waals surface area contributed by atoms with E-state index in [4.69, 9.17) is 10.5 Å². The second-order valence-corrected chi connectivity index (χ2v) is 4.27. The predicted molar refractivity (Wildman–Crippen MR) is 75.5 cm³/mol. The van der Waals surface area contributed by atoms with Gasteiger partial charge in [0.15, 0.2) is 5.75 Å². The number of carbonyl (C=O) groups excluding carboxylic acids is 1. The van der Waals surface area contributed by atoms with Crippen LogP contribution in [0.4, 0.5) is 5.69 Å². The number of nitrogens with zero attached hydrogens (tertiary/aromatic N) is 2. The lowest BCUT2D eigenvalue weighted by atomic mass is 10.3. The number of hydrogen-bond donors (Lipinski definition) is 2. The van der Waals surface area contributed by atoms with Crippen LogP contribution in [0.25, 0.3) is 0 Å². The quantitative estimate of drug-likeness (QED) is 0.888. The Labute approximate surface area is 117 Å². The van der Waals surface area contributed by atoms with Gasteiger partial charge in [0.2, 0.25) is 5.91 Å². The number of anilines is 1. The van der Waals surface area contributed by atoms with Gasteiger partial charge in [-0.25, -0.2) is 4.98 Å². The number of para-hydroxylation sites is 2. The summed E-state index contributed by atoms with van der Waals surface area (Å²) < 4.78 is 5.64. The molecular weight excluding hydrogens is 256 g/mol. The second-order valence-electron chi connectivity index (χ2n) is 4.27. The number of hydrogen-bond acceptors (Lipinski definition) is 5. The minimum atomic E-state index is -0.172. The summed E-state index contributed by atoms with van der Waals surface area (Å²) in [6, 6.07) is 9.10. The van der Waals surface area contributed by atoms with Crippen molar-refractivity contribution in [2.45, 2.75) is 20.4 Å². The number of ether oxygens (including phenoxy) is 1. The van der Waals surface area contributed by atoms with Gasteiger partial charge >= 0.3 is 6.01 Å². The summed E-state index contributed by atoms with van der Waals surface area (Å²) in [6.07, 6.45) is 0. The van der Waals surface area contributed by atoms with Crippen LogP contribution in [0.2, 0.25) is 0 Å². The molecule has 1 amide bonds. The number of amides is 1. The second kappa shape index (κ2) is 6.12. The first-order chi connectivity index (χ1) is 9.58. The van der Waals surface area contributed by atoms with E-state index in [1.54, 1.807) is 30.3 Å². The molecule has 0 radical (unpaired) electrons. The Kier molecular flexibility index (Phi) is 4.27. The predicted octanol–water partition coefficient (Wildman–Crippen LogP) is 1.99. The van der Waals surface area contributed by atoms with Gasteiger partial charge in [0.1, 0.15) is 0 Å². The summed E-state index contributed by atoms with van der Waals surface area (Å²) >= 11 is 0. The molecule has 0 saturated heterocycles. The van der Waals surface area contributed by atoms with Gasteiger partial charge in [0.05, 0.1) is 11.4 Å². The molecule has 0 unspecified atom stereocenters. The summed E-state index contributed by atoms with van der Waals surface area (Å²) in [5.41, 5.74) is 7.61. The zero-order valence-corrected chi connectivity index (χ0v) is 11.4. The lowest BCUT2D eigenvalue weighted by molar-refractivity contribution is -0.114. The van der Waals surface area contributed by atoms with Gasteiger partial charge in [-0.1, -0.05) is 12.1 Å². The zero-order chi connectivity index (χ0) is 14.5. The standard InChI is InChI=1S/C14H16N4O2/c1-9-7-11(8-15)18-14(16-9)20-13-6-4-3-5-12(13)17-10(2)19/h3-7H,8,15H2,1-2H3,(H,17,19). The molecule has 0 aliphatic carbocycles. The normalized spacial score (nSPS) is 10.2. The summed E-state index contributed by atoms with van der Waals surface area (Å²) in [6.45, 7) is 3.59. The Hall–Kier alpha value is -2.47. The molecule has 3 N–H and O–H groups in total. The van der Waals surface area contributed by atoms with E-state index in [0.29, 0.717) is 23.7 Å². The van der Waals surface area contributed by atoms with Gasteiger partial charge in [0.25, 0.3) is 0 Å². The smallest absolute Gasteiger partial charge is 0.322 e. The Bertz CT molecular complexity index is 628. The number of aryl methyl sites for hydroxylation is 1. The highest BCUT2D eigenvalue weighted by Gasteiger charge is 2.08. The summed E-state index contributed by atoms with van der Waals surface area (Å²) in [4.78, 5) is 19.6. The summed E-state index contributed by atoms with van der Waals surface area (Å²) in [5, 5.41) is 2.69. The van der Waals surface area contributed by atoms with E-state index in [-0.39, 0.29) is 11.9 Å². The molecule has 6 heteroatoms. The van der Waals surface area contributed by atoms with Gasteiger partial charge in [0, 0.05) is 19.2 Å². The number of benzene rings is 1. The Morgan fingerprint density at radius 3 is 2.80 bits per heavy atom. The van der Waals surface area contributed by atoms with Crippen LogP contribution in [0, 0.1) is 6.92 Å². The fraction of sp³-hybridized carbons (Fsp3) is 0.214. The van der Waals surface area contributed by atoms with Crippen LogP contribution in [0.15, 0.2) is 30.3 Å². The first-order valence-corrected chi connectivity index (χ1v) is 6.17. The lowest BCUT2D eigenvalue weighted by Crippen LogP contribution is -2.08. The van der Waals surface area contributed by atoms with E-state index in [2.05, 4.69) is 15.3 Å². The molecule has 2 aromatic rings. The van der Waals surface area contributed by atoms with Crippen molar-refractivity contribution in [2.75, 3.05) is 5.32 Å². The SMILES string of the molecule is CC(=O)Nc1ccccc1Oc1nc(C)cc(CN)n1. The van der Waals surface area contributed by atoms with Crippen molar-refractivity contribution in [3.63, 3.8) is 0 Å². The van der Waals surface area contributed by atoms with Crippen molar-refractivity contribution in [3.8, 4) is 11.8 Å². The van der Waals surface area contributed by atoms with Crippen molar-refractivity contribution >= 4 is 11.6 Å². The number of carbonyl (C=O) groups is 1. The van der Waals surface area contributed by atoms with E-state index in [1.807, 2.05) is 6.92 Å². The fourth-order valence-corrected chi connectivity index (χ4v) is 1.70. The van der Waals surface area contributed by atoms with E-state index in [9.17, 15) is 4.79 Å². The summed E-state index contributed by atoms with van der Waals surface area (Å²) in [7, 11) is 0. The van der Waals surface area contributed by atoms with E-state index >= 15 is 0 Å². The molecule has 0 aliphatic rings. The fourth-order valence-electron chi connectivity index (χ4n) is 1.70. The average molecular weight is 272 g/mol. The first-order valence-electron chi connectivity index (χ1n) is 6.17. The van der Waals surface area contributed by atoms with Crippen molar-refractivity contribution in [1.82, 2.24) is 9.97 Å². The third-order valence-corrected chi connectivity index (χ3v) is 2.49. The van der Waals surface area contributed by atoms with Gasteiger partial charge < -0.3 is 15.8 Å². The van der Waals surface area contributed by atoms with Crippen LogP contribution in [-0.2, 0) is 11.3 Å². The summed E-state index contributed by atoms with van der Waals surface area (Å²) in [5.74, 6) is 0.310. The molecule has 0 spiro atoms. The third-order valence-electron chi connectivity index (χ3n) is 2.49. The molecule has 2 rings (SSSR count). The molecule has 0 bridgehead atoms. The van der Waals surface area contributed by atoms with Crippen LogP contribution in [0.1, 0.15) is 18.3 Å². The van der Waals surface area contributed by atoms with E-state index in [1.165, 1.54) is 6.92 Å². The molecule has 1 aromatic heterocycles. The lowest BCUT2D eigenvalue weighted by Gasteiger charge is -2.10. The molecule has 104 valence electrons. The molecule has 6 nitrogen and oxygen atoms in total. The maximum atomic E-state index is 11.2. The largest absolute Gasteiger partial charge is 0.422 e. The van der Waals surface area contributed by atoms with Crippen LogP contribution in [0.5, 0.6) is 11.8 Å². The molecule has 0 fully saturated rings. The number of nitrogens with two attached hydrogens (primary N) is 1. The highest BCUT2D eigenvalue weighted by atomic mass is 16.5. The van der Waals surface area contributed by atoms with E-state index in [0.717, 1.165) is 5.69 Å². The Balaban J connectivity index is 2.30. The number of rotatable bonds is 4. The molecule has 0 saturated carbocycles.